The van der Waals surface area contributed by atoms with Crippen molar-refractivity contribution >= 4 is 16.9 Å². The van der Waals surface area contributed by atoms with Crippen molar-refractivity contribution < 1.29 is 14.3 Å². The van der Waals surface area contributed by atoms with Crippen LogP contribution in [0.5, 0.6) is 11.5 Å². The fourth-order valence-electron chi connectivity index (χ4n) is 3.46. The van der Waals surface area contributed by atoms with Crippen LogP contribution in [-0.4, -0.2) is 20.0 Å². The highest BCUT2D eigenvalue weighted by molar-refractivity contribution is 6.42. The summed E-state index contributed by atoms with van der Waals surface area (Å²) in [4.78, 5) is 13.4. The molecule has 3 heteroatoms. The number of carbonyl (C=O) groups is 1. The first-order chi connectivity index (χ1) is 12.7. The first-order valence-corrected chi connectivity index (χ1v) is 8.40. The number of carbonyl (C=O) groups excluding carboxylic acids is 1. The number of rotatable bonds is 4. The molecule has 0 heterocycles. The summed E-state index contributed by atoms with van der Waals surface area (Å²) in [6, 6.07) is 23.4. The summed E-state index contributed by atoms with van der Waals surface area (Å²) in [6.45, 7) is 0. The van der Waals surface area contributed by atoms with Crippen LogP contribution in [0.3, 0.4) is 0 Å². The molecule has 0 radical (unpaired) electrons. The standard InChI is InChI=1S/C23H18O3/c1-25-17-13-18-20(15-9-5-3-6-10-15)21(16-11-7-4-8-12-16)23(24)22(18)19(14-17)26-2/h3-14H,1-2H3. The van der Waals surface area contributed by atoms with Gasteiger partial charge in [0.05, 0.1) is 19.8 Å². The van der Waals surface area contributed by atoms with Gasteiger partial charge >= 0.3 is 0 Å². The molecule has 0 atom stereocenters. The van der Waals surface area contributed by atoms with E-state index in [0.717, 1.165) is 22.3 Å². The summed E-state index contributed by atoms with van der Waals surface area (Å²) in [5.41, 5.74) is 4.93. The van der Waals surface area contributed by atoms with Gasteiger partial charge in [0.25, 0.3) is 0 Å². The quantitative estimate of drug-likeness (QED) is 0.679. The van der Waals surface area contributed by atoms with Crippen molar-refractivity contribution in [1.82, 2.24) is 0 Å². The molecule has 3 aromatic carbocycles. The molecule has 26 heavy (non-hydrogen) atoms. The van der Waals surface area contributed by atoms with Crippen LogP contribution >= 0.6 is 0 Å². The average molecular weight is 342 g/mol. The third-order valence-corrected chi connectivity index (χ3v) is 4.63. The molecule has 4 rings (SSSR count). The topological polar surface area (TPSA) is 35.5 Å². The van der Waals surface area contributed by atoms with Crippen molar-refractivity contribution in [1.29, 1.82) is 0 Å². The first kappa shape index (κ1) is 16.2. The number of hydrogen-bond acceptors (Lipinski definition) is 3. The Balaban J connectivity index is 2.07. The molecule has 0 saturated heterocycles. The van der Waals surface area contributed by atoms with Crippen LogP contribution in [0.2, 0.25) is 0 Å². The van der Waals surface area contributed by atoms with E-state index in [9.17, 15) is 4.79 Å². The highest BCUT2D eigenvalue weighted by Gasteiger charge is 2.34. The normalized spacial score (nSPS) is 12.9. The first-order valence-electron chi connectivity index (χ1n) is 8.40. The summed E-state index contributed by atoms with van der Waals surface area (Å²) in [5, 5.41) is 0. The fourth-order valence-corrected chi connectivity index (χ4v) is 3.46. The van der Waals surface area contributed by atoms with Gasteiger partial charge in [-0.3, -0.25) is 4.79 Å². The molecule has 0 spiro atoms. The Morgan fingerprint density at radius 3 is 1.81 bits per heavy atom. The van der Waals surface area contributed by atoms with Crippen LogP contribution in [0, 0.1) is 0 Å². The van der Waals surface area contributed by atoms with Crippen LogP contribution in [0.4, 0.5) is 0 Å². The molecule has 3 aromatic rings. The monoisotopic (exact) mass is 342 g/mol. The number of ketones is 1. The Kier molecular flexibility index (Phi) is 4.05. The molecule has 1 aliphatic carbocycles. The van der Waals surface area contributed by atoms with Gasteiger partial charge in [-0.15, -0.1) is 0 Å². The summed E-state index contributed by atoms with van der Waals surface area (Å²) < 4.78 is 10.9. The number of fused-ring (bicyclic) bond motifs is 1. The third-order valence-electron chi connectivity index (χ3n) is 4.63. The van der Waals surface area contributed by atoms with Crippen molar-refractivity contribution in [3.8, 4) is 11.5 Å². The van der Waals surface area contributed by atoms with Crippen molar-refractivity contribution in [2.75, 3.05) is 14.2 Å². The van der Waals surface area contributed by atoms with E-state index in [4.69, 9.17) is 9.47 Å². The number of hydrogen-bond donors (Lipinski definition) is 0. The molecule has 0 N–H and O–H groups in total. The fraction of sp³-hybridized carbons (Fsp3) is 0.0870. The lowest BCUT2D eigenvalue weighted by atomic mass is 9.94. The lowest BCUT2D eigenvalue weighted by Gasteiger charge is -2.11. The Labute approximate surface area is 152 Å². The number of ether oxygens (including phenoxy) is 2. The smallest absolute Gasteiger partial charge is 0.198 e. The third kappa shape index (κ3) is 2.49. The Bertz CT molecular complexity index is 1000. The summed E-state index contributed by atoms with van der Waals surface area (Å²) in [6.07, 6.45) is 0. The van der Waals surface area contributed by atoms with Gasteiger partial charge in [-0.1, -0.05) is 60.7 Å². The average Bonchev–Trinajstić information content (AvgIpc) is 3.01. The minimum atomic E-state index is -0.0236. The second kappa shape index (κ2) is 6.52. The maximum atomic E-state index is 13.4. The maximum absolute atomic E-state index is 13.4. The van der Waals surface area contributed by atoms with Gasteiger partial charge in [0.1, 0.15) is 11.5 Å². The Hall–Kier alpha value is -3.33. The lowest BCUT2D eigenvalue weighted by molar-refractivity contribution is 0.105. The zero-order valence-electron chi connectivity index (χ0n) is 14.7. The minimum Gasteiger partial charge on any atom is -0.497 e. The highest BCUT2D eigenvalue weighted by Crippen LogP contribution is 2.46. The van der Waals surface area contributed by atoms with Crippen LogP contribution in [0.1, 0.15) is 27.0 Å². The highest BCUT2D eigenvalue weighted by atomic mass is 16.5. The molecule has 0 unspecified atom stereocenters. The molecule has 0 fully saturated rings. The Morgan fingerprint density at radius 1 is 0.692 bits per heavy atom. The van der Waals surface area contributed by atoms with E-state index in [0.29, 0.717) is 22.6 Å². The van der Waals surface area contributed by atoms with Gasteiger partial charge in [-0.25, -0.2) is 0 Å². The van der Waals surface area contributed by atoms with E-state index >= 15 is 0 Å². The SMILES string of the molecule is COc1cc(OC)c2c(c1)C(c1ccccc1)=C(c1ccccc1)C2=O. The number of Topliss-reactive ketones (excluding diaryl/α,β-unsaturated/α-hetero) is 1. The zero-order valence-corrected chi connectivity index (χ0v) is 14.7. The molecule has 3 nitrogen and oxygen atoms in total. The maximum Gasteiger partial charge on any atom is 0.198 e. The van der Waals surface area contributed by atoms with Gasteiger partial charge in [0, 0.05) is 22.8 Å². The van der Waals surface area contributed by atoms with Gasteiger partial charge < -0.3 is 9.47 Å². The van der Waals surface area contributed by atoms with Crippen molar-refractivity contribution in [2.24, 2.45) is 0 Å². The summed E-state index contributed by atoms with van der Waals surface area (Å²) >= 11 is 0. The second-order valence-electron chi connectivity index (χ2n) is 6.06. The lowest BCUT2D eigenvalue weighted by Crippen LogP contribution is -2.02. The van der Waals surface area contributed by atoms with E-state index in [2.05, 4.69) is 0 Å². The van der Waals surface area contributed by atoms with E-state index < -0.39 is 0 Å². The van der Waals surface area contributed by atoms with Gasteiger partial charge in [0.2, 0.25) is 0 Å². The number of methoxy groups -OCH3 is 2. The van der Waals surface area contributed by atoms with Crippen molar-refractivity contribution in [3.63, 3.8) is 0 Å². The molecule has 0 aromatic heterocycles. The Morgan fingerprint density at radius 2 is 1.27 bits per heavy atom. The largest absolute Gasteiger partial charge is 0.497 e. The van der Waals surface area contributed by atoms with Crippen LogP contribution in [-0.2, 0) is 0 Å². The molecular weight excluding hydrogens is 324 g/mol. The summed E-state index contributed by atoms with van der Waals surface area (Å²) in [5.74, 6) is 1.17. The summed E-state index contributed by atoms with van der Waals surface area (Å²) in [7, 11) is 3.19. The molecule has 1 aliphatic rings. The van der Waals surface area contributed by atoms with Crippen molar-refractivity contribution in [2.45, 2.75) is 0 Å². The molecule has 0 saturated carbocycles. The van der Waals surface area contributed by atoms with Crippen LogP contribution in [0.15, 0.2) is 72.8 Å². The molecule has 0 aliphatic heterocycles. The van der Waals surface area contributed by atoms with E-state index in [-0.39, 0.29) is 5.78 Å². The van der Waals surface area contributed by atoms with E-state index in [1.165, 1.54) is 0 Å². The molecule has 128 valence electrons. The minimum absolute atomic E-state index is 0.0236. The van der Waals surface area contributed by atoms with E-state index in [1.54, 1.807) is 20.3 Å². The number of allylic oxidation sites excluding steroid dienone is 1. The van der Waals surface area contributed by atoms with Crippen molar-refractivity contribution in [3.05, 3.63) is 95.1 Å². The van der Waals surface area contributed by atoms with Crippen LogP contribution in [0.25, 0.3) is 11.1 Å². The molecule has 0 bridgehead atoms. The predicted octanol–water partition coefficient (Wildman–Crippen LogP) is 4.86. The van der Waals surface area contributed by atoms with Crippen LogP contribution < -0.4 is 9.47 Å². The second-order valence-corrected chi connectivity index (χ2v) is 6.06. The molecule has 0 amide bonds. The van der Waals surface area contributed by atoms with Gasteiger partial charge in [-0.05, 0) is 17.2 Å². The van der Waals surface area contributed by atoms with Gasteiger partial charge in [-0.2, -0.15) is 0 Å². The predicted molar refractivity (Wildman–Crippen MR) is 103 cm³/mol. The number of benzene rings is 3. The van der Waals surface area contributed by atoms with E-state index in [1.807, 2.05) is 66.7 Å². The van der Waals surface area contributed by atoms with Gasteiger partial charge in [0.15, 0.2) is 5.78 Å². The molecular formula is C23H18O3. The zero-order chi connectivity index (χ0) is 18.1.